The van der Waals surface area contributed by atoms with Crippen LogP contribution in [0.3, 0.4) is 0 Å². The summed E-state index contributed by atoms with van der Waals surface area (Å²) >= 11 is 0. The van der Waals surface area contributed by atoms with Crippen LogP contribution < -0.4 is 9.47 Å². The maximum Gasteiger partial charge on any atom is 0.335 e. The average Bonchev–Trinajstić information content (AvgIpc) is 2.68. The van der Waals surface area contributed by atoms with E-state index in [2.05, 4.69) is 11.9 Å². The number of likely N-dealkylation sites (tertiary alicyclic amines) is 1. The fourth-order valence-electron chi connectivity index (χ4n) is 4.20. The fraction of sp³-hybridized carbons (Fsp3) is 0.381. The second-order valence-corrected chi connectivity index (χ2v) is 7.32. The number of aliphatic hydroxyl groups is 1. The van der Waals surface area contributed by atoms with Gasteiger partial charge in [-0.2, -0.15) is 0 Å². The molecule has 6 nitrogen and oxygen atoms in total. The van der Waals surface area contributed by atoms with Crippen LogP contribution in [-0.2, 0) is 5.60 Å². The topological polar surface area (TPSA) is 79.2 Å². The second-order valence-electron chi connectivity index (χ2n) is 7.32. The number of nitrogens with zero attached hydrogens (tertiary/aromatic N) is 1. The lowest BCUT2D eigenvalue weighted by molar-refractivity contribution is -0.0179. The SMILES string of the molecule is COc1ccc2c(c1)C(O)(C1CCN(C)CC1)c1cc(C(=O)O)ccc1O2. The molecule has 0 bridgehead atoms. The third kappa shape index (κ3) is 2.85. The van der Waals surface area contributed by atoms with E-state index in [-0.39, 0.29) is 11.5 Å². The predicted molar refractivity (Wildman–Crippen MR) is 99.7 cm³/mol. The number of methoxy groups -OCH3 is 1. The summed E-state index contributed by atoms with van der Waals surface area (Å²) in [5.74, 6) is 0.625. The van der Waals surface area contributed by atoms with E-state index in [0.29, 0.717) is 28.4 Å². The molecule has 1 unspecified atom stereocenters. The van der Waals surface area contributed by atoms with Gasteiger partial charge in [0.1, 0.15) is 22.8 Å². The molecule has 0 aliphatic carbocycles. The van der Waals surface area contributed by atoms with E-state index in [1.165, 1.54) is 6.07 Å². The Morgan fingerprint density at radius 2 is 1.78 bits per heavy atom. The van der Waals surface area contributed by atoms with Gasteiger partial charge in [0, 0.05) is 11.1 Å². The van der Waals surface area contributed by atoms with Crippen LogP contribution in [0.5, 0.6) is 17.2 Å². The Kier molecular flexibility index (Phi) is 4.32. The average molecular weight is 369 g/mol. The summed E-state index contributed by atoms with van der Waals surface area (Å²) in [6.07, 6.45) is 1.61. The molecule has 0 spiro atoms. The number of hydrogen-bond acceptors (Lipinski definition) is 5. The van der Waals surface area contributed by atoms with Gasteiger partial charge >= 0.3 is 5.97 Å². The highest BCUT2D eigenvalue weighted by Gasteiger charge is 2.47. The number of carbonyl (C=O) groups is 1. The molecule has 1 atom stereocenters. The summed E-state index contributed by atoms with van der Waals surface area (Å²) < 4.78 is 11.4. The Hall–Kier alpha value is -2.57. The van der Waals surface area contributed by atoms with Gasteiger partial charge < -0.3 is 24.6 Å². The first-order valence-corrected chi connectivity index (χ1v) is 9.08. The zero-order valence-electron chi connectivity index (χ0n) is 15.4. The molecule has 0 radical (unpaired) electrons. The molecule has 1 saturated heterocycles. The number of carboxylic acids is 1. The highest BCUT2D eigenvalue weighted by Crippen LogP contribution is 2.53. The van der Waals surface area contributed by atoms with Crippen molar-refractivity contribution in [2.45, 2.75) is 18.4 Å². The molecular weight excluding hydrogens is 346 g/mol. The van der Waals surface area contributed by atoms with Crippen molar-refractivity contribution in [2.75, 3.05) is 27.2 Å². The van der Waals surface area contributed by atoms with Gasteiger partial charge in [-0.3, -0.25) is 0 Å². The lowest BCUT2D eigenvalue weighted by Gasteiger charge is -2.44. The maximum atomic E-state index is 12.1. The molecule has 142 valence electrons. The Labute approximate surface area is 157 Å². The van der Waals surface area contributed by atoms with Gasteiger partial charge in [0.25, 0.3) is 0 Å². The first-order chi connectivity index (χ1) is 12.9. The molecular formula is C21H23NO5. The molecule has 0 saturated carbocycles. The first-order valence-electron chi connectivity index (χ1n) is 9.08. The van der Waals surface area contributed by atoms with Crippen molar-refractivity contribution >= 4 is 5.97 Å². The van der Waals surface area contributed by atoms with E-state index in [0.717, 1.165) is 25.9 Å². The van der Waals surface area contributed by atoms with Gasteiger partial charge in [0.15, 0.2) is 0 Å². The molecule has 2 aromatic carbocycles. The number of rotatable bonds is 3. The van der Waals surface area contributed by atoms with Crippen LogP contribution in [0.4, 0.5) is 0 Å². The Balaban J connectivity index is 1.91. The minimum atomic E-state index is -1.33. The minimum absolute atomic E-state index is 0.0498. The number of piperidine rings is 1. The number of carboxylic acid groups (broad SMARTS) is 1. The van der Waals surface area contributed by atoms with Crippen molar-refractivity contribution in [2.24, 2.45) is 5.92 Å². The zero-order valence-corrected chi connectivity index (χ0v) is 15.4. The van der Waals surface area contributed by atoms with E-state index in [4.69, 9.17) is 9.47 Å². The molecule has 2 heterocycles. The van der Waals surface area contributed by atoms with Crippen LogP contribution in [-0.4, -0.2) is 48.3 Å². The van der Waals surface area contributed by atoms with Gasteiger partial charge in [-0.25, -0.2) is 4.79 Å². The lowest BCUT2D eigenvalue weighted by Crippen LogP contribution is -2.44. The van der Waals surface area contributed by atoms with Gasteiger partial charge in [-0.1, -0.05) is 0 Å². The summed E-state index contributed by atoms with van der Waals surface area (Å²) in [6.45, 7) is 1.75. The van der Waals surface area contributed by atoms with E-state index < -0.39 is 11.6 Å². The van der Waals surface area contributed by atoms with Crippen LogP contribution in [0, 0.1) is 5.92 Å². The highest BCUT2D eigenvalue weighted by molar-refractivity contribution is 5.88. The van der Waals surface area contributed by atoms with Crippen LogP contribution in [0.2, 0.25) is 0 Å². The lowest BCUT2D eigenvalue weighted by atomic mass is 9.70. The van der Waals surface area contributed by atoms with Crippen molar-refractivity contribution in [3.05, 3.63) is 53.1 Å². The highest BCUT2D eigenvalue weighted by atomic mass is 16.5. The molecule has 2 aromatic rings. The molecule has 2 aliphatic heterocycles. The molecule has 1 fully saturated rings. The molecule has 0 aromatic heterocycles. The van der Waals surface area contributed by atoms with Crippen LogP contribution in [0.1, 0.15) is 34.3 Å². The molecule has 6 heteroatoms. The summed E-state index contributed by atoms with van der Waals surface area (Å²) in [4.78, 5) is 13.8. The van der Waals surface area contributed by atoms with Crippen LogP contribution >= 0.6 is 0 Å². The molecule has 2 N–H and O–H groups in total. The first kappa shape index (κ1) is 17.8. The van der Waals surface area contributed by atoms with Gasteiger partial charge in [-0.05, 0) is 75.3 Å². The normalized spacial score (nSPS) is 22.5. The molecule has 0 amide bonds. The standard InChI is InChI=1S/C21H23NO5/c1-22-9-7-14(8-10-22)21(25)16-11-13(20(23)24)3-5-18(16)27-19-6-4-15(26-2)12-17(19)21/h3-6,11-12,14,25H,7-10H2,1-2H3,(H,23,24). The van der Waals surface area contributed by atoms with Gasteiger partial charge in [-0.15, -0.1) is 0 Å². The molecule has 27 heavy (non-hydrogen) atoms. The van der Waals surface area contributed by atoms with E-state index in [1.807, 2.05) is 0 Å². The van der Waals surface area contributed by atoms with E-state index >= 15 is 0 Å². The summed E-state index contributed by atoms with van der Waals surface area (Å²) in [7, 11) is 3.65. The van der Waals surface area contributed by atoms with Crippen molar-refractivity contribution in [1.29, 1.82) is 0 Å². The second kappa shape index (κ2) is 6.55. The summed E-state index contributed by atoms with van der Waals surface area (Å²) in [5, 5.41) is 21.5. The number of aromatic carboxylic acids is 1. The predicted octanol–water partition coefficient (Wildman–Crippen LogP) is 3.08. The Morgan fingerprint density at radius 1 is 1.15 bits per heavy atom. The third-order valence-corrected chi connectivity index (χ3v) is 5.76. The van der Waals surface area contributed by atoms with E-state index in [9.17, 15) is 15.0 Å². The summed E-state index contributed by atoms with van der Waals surface area (Å²) in [6, 6.07) is 10.1. The number of hydrogen-bond donors (Lipinski definition) is 2. The van der Waals surface area contributed by atoms with Crippen molar-refractivity contribution < 1.29 is 24.5 Å². The Bertz CT molecular complexity index is 888. The summed E-state index contributed by atoms with van der Waals surface area (Å²) in [5.41, 5.74) is -0.0522. The van der Waals surface area contributed by atoms with Gasteiger partial charge in [0.05, 0.1) is 12.7 Å². The smallest absolute Gasteiger partial charge is 0.335 e. The van der Waals surface area contributed by atoms with Crippen molar-refractivity contribution in [1.82, 2.24) is 4.90 Å². The largest absolute Gasteiger partial charge is 0.497 e. The number of benzene rings is 2. The van der Waals surface area contributed by atoms with Crippen molar-refractivity contribution in [3.8, 4) is 17.2 Å². The van der Waals surface area contributed by atoms with Crippen molar-refractivity contribution in [3.63, 3.8) is 0 Å². The zero-order chi connectivity index (χ0) is 19.2. The van der Waals surface area contributed by atoms with Crippen LogP contribution in [0.15, 0.2) is 36.4 Å². The van der Waals surface area contributed by atoms with Gasteiger partial charge in [0.2, 0.25) is 0 Å². The minimum Gasteiger partial charge on any atom is -0.497 e. The molecule has 2 aliphatic rings. The monoisotopic (exact) mass is 369 g/mol. The number of fused-ring (bicyclic) bond motifs is 2. The van der Waals surface area contributed by atoms with E-state index in [1.54, 1.807) is 37.4 Å². The maximum absolute atomic E-state index is 12.1. The quantitative estimate of drug-likeness (QED) is 0.866. The Morgan fingerprint density at radius 3 is 2.41 bits per heavy atom. The third-order valence-electron chi connectivity index (χ3n) is 5.76. The van der Waals surface area contributed by atoms with Crippen LogP contribution in [0.25, 0.3) is 0 Å². The number of ether oxygens (including phenoxy) is 2. The molecule has 4 rings (SSSR count). The fourth-order valence-corrected chi connectivity index (χ4v) is 4.20.